The Balaban J connectivity index is 3.15. The number of aromatic nitrogens is 1. The molecule has 0 aliphatic carbocycles. The van der Waals surface area contributed by atoms with E-state index in [1.807, 2.05) is 0 Å². The third-order valence-electron chi connectivity index (χ3n) is 1.69. The van der Waals surface area contributed by atoms with Gasteiger partial charge in [-0.1, -0.05) is 0 Å². The third-order valence-corrected chi connectivity index (χ3v) is 1.95. The molecule has 0 spiro atoms. The predicted molar refractivity (Wildman–Crippen MR) is 46.9 cm³/mol. The molecule has 0 radical (unpaired) electrons. The second-order valence-corrected chi connectivity index (χ2v) is 2.99. The van der Waals surface area contributed by atoms with Crippen molar-refractivity contribution in [3.05, 3.63) is 17.5 Å². The Bertz CT molecular complexity index is 368. The number of nitrogens with zero attached hydrogens (tertiary/aromatic N) is 1. The first kappa shape index (κ1) is 11.9. The Kier molecular flexibility index (Phi) is 3.28. The van der Waals surface area contributed by atoms with Crippen LogP contribution in [0.25, 0.3) is 0 Å². The summed E-state index contributed by atoms with van der Waals surface area (Å²) < 4.78 is 39.5. The number of aromatic hydroxyl groups is 1. The van der Waals surface area contributed by atoms with Crippen molar-refractivity contribution in [1.82, 2.24) is 4.98 Å². The van der Waals surface area contributed by atoms with Crippen molar-refractivity contribution in [3.63, 3.8) is 0 Å². The van der Waals surface area contributed by atoms with Crippen molar-refractivity contribution in [2.75, 3.05) is 0 Å². The van der Waals surface area contributed by atoms with Gasteiger partial charge in [0.05, 0.1) is 17.8 Å². The molecule has 0 unspecified atom stereocenters. The zero-order valence-corrected chi connectivity index (χ0v) is 8.35. The van der Waals surface area contributed by atoms with Crippen LogP contribution in [0, 0.1) is 6.92 Å². The molecule has 0 aromatic carbocycles. The van der Waals surface area contributed by atoms with E-state index in [-0.39, 0.29) is 17.1 Å². The van der Waals surface area contributed by atoms with Gasteiger partial charge in [0, 0.05) is 5.56 Å². The number of halogens is 4. The van der Waals surface area contributed by atoms with Gasteiger partial charge in [-0.05, 0) is 6.92 Å². The zero-order valence-electron chi connectivity index (χ0n) is 7.60. The minimum atomic E-state index is -4.85. The largest absolute Gasteiger partial charge is 0.573 e. The van der Waals surface area contributed by atoms with Gasteiger partial charge in [0.1, 0.15) is 0 Å². The van der Waals surface area contributed by atoms with Crippen LogP contribution < -0.4 is 4.74 Å². The second kappa shape index (κ2) is 4.14. The normalized spacial score (nSPS) is 11.5. The molecule has 0 aliphatic rings. The second-order valence-electron chi connectivity index (χ2n) is 2.73. The first-order valence-electron chi connectivity index (χ1n) is 3.84. The fraction of sp³-hybridized carbons (Fsp3) is 0.375. The van der Waals surface area contributed by atoms with Crippen molar-refractivity contribution in [3.8, 4) is 11.5 Å². The van der Waals surface area contributed by atoms with E-state index in [9.17, 15) is 13.2 Å². The van der Waals surface area contributed by atoms with Crippen LogP contribution in [0.5, 0.6) is 11.5 Å². The predicted octanol–water partition coefficient (Wildman–Crippen LogP) is 2.73. The Morgan fingerprint density at radius 3 is 2.60 bits per heavy atom. The van der Waals surface area contributed by atoms with Crippen molar-refractivity contribution in [2.45, 2.75) is 19.2 Å². The maximum atomic E-state index is 12.0. The molecule has 1 aromatic rings. The SMILES string of the molecule is Cc1c(CCl)ncc(O)c1OC(F)(F)F. The maximum Gasteiger partial charge on any atom is 0.573 e. The molecular weight excluding hydrogens is 235 g/mol. The number of hydrogen-bond donors (Lipinski definition) is 1. The summed E-state index contributed by atoms with van der Waals surface area (Å²) in [7, 11) is 0. The standard InChI is InChI=1S/C8H7ClF3NO2/c1-4-5(2-9)13-3-6(14)7(4)15-8(10,11)12/h3,14H,2H2,1H3. The molecule has 84 valence electrons. The molecule has 0 saturated carbocycles. The van der Waals surface area contributed by atoms with E-state index in [1.54, 1.807) is 0 Å². The van der Waals surface area contributed by atoms with Gasteiger partial charge in [0.2, 0.25) is 0 Å². The van der Waals surface area contributed by atoms with Crippen LogP contribution in [0.15, 0.2) is 6.20 Å². The highest BCUT2D eigenvalue weighted by Crippen LogP contribution is 2.35. The van der Waals surface area contributed by atoms with E-state index in [2.05, 4.69) is 9.72 Å². The summed E-state index contributed by atoms with van der Waals surface area (Å²) in [4.78, 5) is 3.66. The van der Waals surface area contributed by atoms with E-state index < -0.39 is 17.9 Å². The molecule has 7 heteroatoms. The first-order valence-corrected chi connectivity index (χ1v) is 4.37. The van der Waals surface area contributed by atoms with Crippen LogP contribution in [-0.2, 0) is 5.88 Å². The number of rotatable bonds is 2. The number of ether oxygens (including phenoxy) is 1. The summed E-state index contributed by atoms with van der Waals surface area (Å²) in [6, 6.07) is 0. The fourth-order valence-corrected chi connectivity index (χ4v) is 1.27. The smallest absolute Gasteiger partial charge is 0.503 e. The molecular formula is C8H7ClF3NO2. The van der Waals surface area contributed by atoms with Gasteiger partial charge >= 0.3 is 6.36 Å². The van der Waals surface area contributed by atoms with Crippen LogP contribution in [0.4, 0.5) is 13.2 Å². The average Bonchev–Trinajstić information content (AvgIpc) is 2.11. The maximum absolute atomic E-state index is 12.0. The van der Waals surface area contributed by atoms with E-state index in [4.69, 9.17) is 16.7 Å². The summed E-state index contributed by atoms with van der Waals surface area (Å²) in [5.41, 5.74) is 0.302. The van der Waals surface area contributed by atoms with Crippen molar-refractivity contribution < 1.29 is 23.0 Å². The topological polar surface area (TPSA) is 42.4 Å². The van der Waals surface area contributed by atoms with Gasteiger partial charge in [-0.15, -0.1) is 24.8 Å². The third kappa shape index (κ3) is 2.89. The number of alkyl halides is 4. The fourth-order valence-electron chi connectivity index (χ4n) is 0.997. The van der Waals surface area contributed by atoms with Gasteiger partial charge in [-0.25, -0.2) is 0 Å². The van der Waals surface area contributed by atoms with Crippen LogP contribution in [0.3, 0.4) is 0 Å². The number of pyridine rings is 1. The molecule has 1 rings (SSSR count). The monoisotopic (exact) mass is 241 g/mol. The van der Waals surface area contributed by atoms with E-state index in [0.29, 0.717) is 0 Å². The first-order chi connectivity index (χ1) is 6.85. The lowest BCUT2D eigenvalue weighted by molar-refractivity contribution is -0.275. The molecule has 1 N–H and O–H groups in total. The highest BCUT2D eigenvalue weighted by atomic mass is 35.5. The highest BCUT2D eigenvalue weighted by Gasteiger charge is 2.33. The Hall–Kier alpha value is -1.17. The van der Waals surface area contributed by atoms with Crippen molar-refractivity contribution >= 4 is 11.6 Å². The molecule has 0 bridgehead atoms. The lowest BCUT2D eigenvalue weighted by Gasteiger charge is -2.13. The van der Waals surface area contributed by atoms with E-state index in [0.717, 1.165) is 6.20 Å². The molecule has 1 heterocycles. The summed E-state index contributed by atoms with van der Waals surface area (Å²) in [6.45, 7) is 1.34. The lowest BCUT2D eigenvalue weighted by atomic mass is 10.2. The minimum Gasteiger partial charge on any atom is -0.503 e. The quantitative estimate of drug-likeness (QED) is 0.810. The summed E-state index contributed by atoms with van der Waals surface area (Å²) in [6.07, 6.45) is -3.99. The summed E-state index contributed by atoms with van der Waals surface area (Å²) in [5.74, 6) is -1.38. The van der Waals surface area contributed by atoms with Crippen LogP contribution in [0.1, 0.15) is 11.3 Å². The van der Waals surface area contributed by atoms with Gasteiger partial charge in [0.25, 0.3) is 0 Å². The van der Waals surface area contributed by atoms with Crippen molar-refractivity contribution in [2.24, 2.45) is 0 Å². The highest BCUT2D eigenvalue weighted by molar-refractivity contribution is 6.17. The Morgan fingerprint density at radius 1 is 1.53 bits per heavy atom. The van der Waals surface area contributed by atoms with Gasteiger partial charge in [-0.2, -0.15) is 0 Å². The zero-order chi connectivity index (χ0) is 11.6. The summed E-state index contributed by atoms with van der Waals surface area (Å²) in [5, 5.41) is 9.14. The van der Waals surface area contributed by atoms with Gasteiger partial charge < -0.3 is 9.84 Å². The Labute approximate surface area is 88.5 Å². The van der Waals surface area contributed by atoms with E-state index >= 15 is 0 Å². The van der Waals surface area contributed by atoms with Crippen molar-refractivity contribution in [1.29, 1.82) is 0 Å². The van der Waals surface area contributed by atoms with Crippen LogP contribution in [0.2, 0.25) is 0 Å². The molecule has 1 aromatic heterocycles. The van der Waals surface area contributed by atoms with Crippen LogP contribution >= 0.6 is 11.6 Å². The van der Waals surface area contributed by atoms with Crippen LogP contribution in [-0.4, -0.2) is 16.5 Å². The lowest BCUT2D eigenvalue weighted by Crippen LogP contribution is -2.18. The van der Waals surface area contributed by atoms with E-state index in [1.165, 1.54) is 6.92 Å². The minimum absolute atomic E-state index is 0.0552. The van der Waals surface area contributed by atoms with Gasteiger partial charge in [-0.3, -0.25) is 4.98 Å². The molecule has 0 amide bonds. The van der Waals surface area contributed by atoms with Gasteiger partial charge in [0.15, 0.2) is 11.5 Å². The molecule has 0 saturated heterocycles. The average molecular weight is 242 g/mol. The molecule has 0 aliphatic heterocycles. The summed E-state index contributed by atoms with van der Waals surface area (Å²) >= 11 is 5.45. The molecule has 0 atom stereocenters. The molecule has 3 nitrogen and oxygen atoms in total. The Morgan fingerprint density at radius 2 is 2.13 bits per heavy atom. The molecule has 15 heavy (non-hydrogen) atoms. The molecule has 0 fully saturated rings. The number of hydrogen-bond acceptors (Lipinski definition) is 3.